The molecule has 1 aliphatic rings. The number of carbonyl (C=O) groups is 1. The standard InChI is InChI=1S/C27H27N9O2/c1-17-10-12-35(13-11-17)16-23-24(30-34-36(23)26-25(28)32-38-33-26)27(37)31-29-15-22-20-8-4-2-6-18(20)14-19-7-3-5-9-21(19)22/h2-9,14-15,17H,10-13,16H2,1H3,(H2,28,32)(H,31,37). The Kier molecular flexibility index (Phi) is 6.26. The molecule has 3 aromatic carbocycles. The third-order valence-corrected chi connectivity index (χ3v) is 7.10. The highest BCUT2D eigenvalue weighted by Gasteiger charge is 2.27. The molecule has 5 aromatic rings. The molecule has 192 valence electrons. The number of carbonyl (C=O) groups excluding carboxylic acids is 1. The van der Waals surface area contributed by atoms with E-state index in [1.54, 1.807) is 6.21 Å². The Labute approximate surface area is 218 Å². The zero-order valence-electron chi connectivity index (χ0n) is 20.9. The molecule has 0 radical (unpaired) electrons. The first-order valence-corrected chi connectivity index (χ1v) is 12.6. The molecule has 1 saturated heterocycles. The lowest BCUT2D eigenvalue weighted by atomic mass is 9.97. The lowest BCUT2D eigenvalue weighted by molar-refractivity contribution is 0.0947. The Bertz CT molecular complexity index is 1590. The first-order chi connectivity index (χ1) is 18.6. The minimum Gasteiger partial charge on any atom is -0.378 e. The molecule has 11 heteroatoms. The molecule has 0 unspecified atom stereocenters. The molecular formula is C27H27N9O2. The summed E-state index contributed by atoms with van der Waals surface area (Å²) in [6.45, 7) is 4.52. The number of aromatic nitrogens is 5. The van der Waals surface area contributed by atoms with Crippen LogP contribution in [-0.2, 0) is 6.54 Å². The lowest BCUT2D eigenvalue weighted by Crippen LogP contribution is -2.34. The molecule has 6 rings (SSSR count). The van der Waals surface area contributed by atoms with E-state index in [1.807, 2.05) is 36.4 Å². The van der Waals surface area contributed by atoms with Gasteiger partial charge in [0.15, 0.2) is 5.69 Å². The molecule has 1 amide bonds. The summed E-state index contributed by atoms with van der Waals surface area (Å²) >= 11 is 0. The summed E-state index contributed by atoms with van der Waals surface area (Å²) in [7, 11) is 0. The van der Waals surface area contributed by atoms with Crippen molar-refractivity contribution in [2.45, 2.75) is 26.3 Å². The number of nitrogens with zero attached hydrogens (tertiary/aromatic N) is 7. The molecule has 11 nitrogen and oxygen atoms in total. The van der Waals surface area contributed by atoms with Gasteiger partial charge in [0.25, 0.3) is 5.91 Å². The molecule has 0 atom stereocenters. The first-order valence-electron chi connectivity index (χ1n) is 12.6. The second kappa shape index (κ2) is 10.0. The van der Waals surface area contributed by atoms with Crippen LogP contribution in [0.1, 0.15) is 41.5 Å². The van der Waals surface area contributed by atoms with Crippen LogP contribution in [0.5, 0.6) is 0 Å². The van der Waals surface area contributed by atoms with Crippen LogP contribution in [0.4, 0.5) is 5.82 Å². The van der Waals surface area contributed by atoms with Crippen LogP contribution in [-0.4, -0.2) is 55.4 Å². The number of piperidine rings is 1. The maximum absolute atomic E-state index is 13.3. The third kappa shape index (κ3) is 4.48. The minimum atomic E-state index is -0.479. The normalized spacial score (nSPS) is 15.1. The number of fused-ring (bicyclic) bond motifs is 2. The monoisotopic (exact) mass is 509 g/mol. The van der Waals surface area contributed by atoms with Crippen molar-refractivity contribution in [1.82, 2.24) is 35.6 Å². The van der Waals surface area contributed by atoms with Gasteiger partial charge in [-0.05, 0) is 69.8 Å². The fraction of sp³-hybridized carbons (Fsp3) is 0.259. The number of likely N-dealkylation sites (tertiary alicyclic amines) is 1. The smallest absolute Gasteiger partial charge is 0.293 e. The molecule has 3 heterocycles. The second-order valence-electron chi connectivity index (χ2n) is 9.66. The fourth-order valence-corrected chi connectivity index (χ4v) is 4.96. The van der Waals surface area contributed by atoms with Gasteiger partial charge in [0.1, 0.15) is 0 Å². The van der Waals surface area contributed by atoms with E-state index in [2.05, 4.69) is 61.2 Å². The molecule has 0 spiro atoms. The van der Waals surface area contributed by atoms with E-state index in [1.165, 1.54) is 4.68 Å². The highest BCUT2D eigenvalue weighted by Crippen LogP contribution is 2.27. The van der Waals surface area contributed by atoms with Gasteiger partial charge >= 0.3 is 0 Å². The van der Waals surface area contributed by atoms with Crippen LogP contribution >= 0.6 is 0 Å². The van der Waals surface area contributed by atoms with Gasteiger partial charge in [-0.3, -0.25) is 9.69 Å². The number of benzene rings is 3. The Morgan fingerprint density at radius 1 is 1.11 bits per heavy atom. The number of hydrogen-bond acceptors (Lipinski definition) is 9. The minimum absolute atomic E-state index is 0.0660. The van der Waals surface area contributed by atoms with Gasteiger partial charge in [-0.15, -0.1) is 5.10 Å². The number of amides is 1. The lowest BCUT2D eigenvalue weighted by Gasteiger charge is -2.30. The van der Waals surface area contributed by atoms with Crippen molar-refractivity contribution in [2.75, 3.05) is 18.8 Å². The van der Waals surface area contributed by atoms with Crippen molar-refractivity contribution in [3.63, 3.8) is 0 Å². The fourth-order valence-electron chi connectivity index (χ4n) is 4.96. The van der Waals surface area contributed by atoms with Gasteiger partial charge in [-0.1, -0.05) is 60.7 Å². The number of hydrogen-bond donors (Lipinski definition) is 2. The molecule has 0 saturated carbocycles. The summed E-state index contributed by atoms with van der Waals surface area (Å²) in [4.78, 5) is 15.6. The molecule has 38 heavy (non-hydrogen) atoms. The maximum Gasteiger partial charge on any atom is 0.293 e. The molecule has 0 bridgehead atoms. The van der Waals surface area contributed by atoms with Crippen molar-refractivity contribution in [1.29, 1.82) is 0 Å². The number of nitrogen functional groups attached to an aromatic ring is 1. The van der Waals surface area contributed by atoms with Crippen molar-refractivity contribution < 1.29 is 9.42 Å². The quantitative estimate of drug-likeness (QED) is 0.201. The van der Waals surface area contributed by atoms with Gasteiger partial charge in [-0.2, -0.15) is 9.78 Å². The van der Waals surface area contributed by atoms with E-state index >= 15 is 0 Å². The van der Waals surface area contributed by atoms with Crippen LogP contribution in [0.15, 0.2) is 64.3 Å². The Hall–Kier alpha value is -4.64. The summed E-state index contributed by atoms with van der Waals surface area (Å²) in [6, 6.07) is 18.4. The van der Waals surface area contributed by atoms with E-state index in [0.717, 1.165) is 53.0 Å². The zero-order valence-corrected chi connectivity index (χ0v) is 20.9. The third-order valence-electron chi connectivity index (χ3n) is 7.10. The van der Waals surface area contributed by atoms with Gasteiger partial charge in [0.05, 0.1) is 11.9 Å². The summed E-state index contributed by atoms with van der Waals surface area (Å²) in [5.74, 6) is 0.457. The Balaban J connectivity index is 1.31. The SMILES string of the molecule is CC1CCN(Cc2c(C(=O)NN=Cc3c4ccccc4cc4ccccc34)nnn2-c2nonc2N)CC1. The van der Waals surface area contributed by atoms with Gasteiger partial charge in [0.2, 0.25) is 11.6 Å². The van der Waals surface area contributed by atoms with Gasteiger partial charge in [0, 0.05) is 12.1 Å². The second-order valence-corrected chi connectivity index (χ2v) is 9.66. The number of anilines is 1. The van der Waals surface area contributed by atoms with E-state index in [4.69, 9.17) is 10.4 Å². The van der Waals surface area contributed by atoms with E-state index in [0.29, 0.717) is 18.2 Å². The summed E-state index contributed by atoms with van der Waals surface area (Å²) < 4.78 is 6.18. The molecule has 2 aromatic heterocycles. The topological polar surface area (TPSA) is 140 Å². The predicted octanol–water partition coefficient (Wildman–Crippen LogP) is 3.53. The van der Waals surface area contributed by atoms with E-state index in [9.17, 15) is 4.79 Å². The average Bonchev–Trinajstić information content (AvgIpc) is 3.55. The van der Waals surface area contributed by atoms with Crippen LogP contribution < -0.4 is 11.2 Å². The van der Waals surface area contributed by atoms with Crippen molar-refractivity contribution in [3.05, 3.63) is 71.5 Å². The van der Waals surface area contributed by atoms with Crippen LogP contribution in [0.2, 0.25) is 0 Å². The first kappa shape index (κ1) is 23.7. The number of hydrazone groups is 1. The predicted molar refractivity (Wildman–Crippen MR) is 144 cm³/mol. The largest absolute Gasteiger partial charge is 0.378 e. The van der Waals surface area contributed by atoms with Crippen molar-refractivity contribution >= 4 is 39.5 Å². The van der Waals surface area contributed by atoms with Crippen molar-refractivity contribution in [2.24, 2.45) is 11.0 Å². The summed E-state index contributed by atoms with van der Waals surface area (Å²) in [6.07, 6.45) is 3.85. The van der Waals surface area contributed by atoms with E-state index < -0.39 is 5.91 Å². The molecule has 0 aliphatic carbocycles. The van der Waals surface area contributed by atoms with Crippen LogP contribution in [0, 0.1) is 5.92 Å². The Morgan fingerprint density at radius 2 is 1.79 bits per heavy atom. The average molecular weight is 510 g/mol. The number of nitrogens with two attached hydrogens (primary N) is 1. The number of rotatable bonds is 6. The molecular weight excluding hydrogens is 482 g/mol. The zero-order chi connectivity index (χ0) is 26.1. The highest BCUT2D eigenvalue weighted by atomic mass is 16.6. The summed E-state index contributed by atoms with van der Waals surface area (Å²) in [5.41, 5.74) is 10.2. The van der Waals surface area contributed by atoms with Crippen LogP contribution in [0.25, 0.3) is 27.4 Å². The van der Waals surface area contributed by atoms with Gasteiger partial charge in [-0.25, -0.2) is 10.1 Å². The Morgan fingerprint density at radius 3 is 2.45 bits per heavy atom. The molecule has 1 aliphatic heterocycles. The summed E-state index contributed by atoms with van der Waals surface area (Å²) in [5, 5.41) is 24.4. The van der Waals surface area contributed by atoms with E-state index in [-0.39, 0.29) is 17.3 Å². The number of nitrogens with one attached hydrogen (secondary N) is 1. The van der Waals surface area contributed by atoms with Crippen molar-refractivity contribution in [3.8, 4) is 5.82 Å². The van der Waals surface area contributed by atoms with Crippen LogP contribution in [0.3, 0.4) is 0 Å². The highest BCUT2D eigenvalue weighted by molar-refractivity contribution is 6.13. The molecule has 3 N–H and O–H groups in total. The molecule has 1 fully saturated rings. The van der Waals surface area contributed by atoms with Gasteiger partial charge < -0.3 is 5.73 Å². The maximum atomic E-state index is 13.3.